The van der Waals surface area contributed by atoms with Crippen LogP contribution in [0.4, 0.5) is 4.39 Å². The van der Waals surface area contributed by atoms with Gasteiger partial charge in [0.2, 0.25) is 5.78 Å². The van der Waals surface area contributed by atoms with Crippen molar-refractivity contribution in [2.45, 2.75) is 10.6 Å². The molecule has 4 aromatic rings. The highest BCUT2D eigenvalue weighted by Crippen LogP contribution is 2.25. The Kier molecular flexibility index (Phi) is 3.57. The van der Waals surface area contributed by atoms with E-state index in [-0.39, 0.29) is 11.4 Å². The van der Waals surface area contributed by atoms with Crippen LogP contribution in [0, 0.1) is 5.82 Å². The average Bonchev–Trinajstić information content (AvgIpc) is 3.03. The van der Waals surface area contributed by atoms with Crippen LogP contribution in [0.25, 0.3) is 16.7 Å². The summed E-state index contributed by atoms with van der Waals surface area (Å²) in [4.78, 5) is 13.0. The topological polar surface area (TPSA) is 52.2 Å². The van der Waals surface area contributed by atoms with Crippen LogP contribution < -0.4 is 5.56 Å². The molecule has 0 radical (unpaired) electrons. The number of hydrogen-bond acceptors (Lipinski definition) is 4. The number of aryl methyl sites for hydroxylation is 1. The van der Waals surface area contributed by atoms with E-state index in [0.29, 0.717) is 27.6 Å². The van der Waals surface area contributed by atoms with Gasteiger partial charge in [0.15, 0.2) is 0 Å². The number of thioether (sulfide) groups is 1. The summed E-state index contributed by atoms with van der Waals surface area (Å²) >= 11 is 1.35. The number of hydrogen-bond donors (Lipinski definition) is 0. The first-order valence-corrected chi connectivity index (χ1v) is 8.34. The summed E-state index contributed by atoms with van der Waals surface area (Å²) in [7, 11) is 1.67. The van der Waals surface area contributed by atoms with Crippen molar-refractivity contribution < 1.29 is 4.39 Å². The van der Waals surface area contributed by atoms with E-state index in [1.54, 1.807) is 31.3 Å². The van der Waals surface area contributed by atoms with Crippen LogP contribution in [0.5, 0.6) is 0 Å². The molecule has 120 valence electrons. The van der Waals surface area contributed by atoms with E-state index in [1.807, 2.05) is 22.6 Å². The SMILES string of the molecule is Cn1c(=O)c2ccccc2n2c(CSc3ccccc3F)nnc12. The molecule has 0 fully saturated rings. The highest BCUT2D eigenvalue weighted by atomic mass is 32.2. The molecule has 0 bridgehead atoms. The lowest BCUT2D eigenvalue weighted by Gasteiger charge is -2.08. The van der Waals surface area contributed by atoms with Crippen LogP contribution in [0.3, 0.4) is 0 Å². The number of para-hydroxylation sites is 1. The fraction of sp³-hybridized carbons (Fsp3) is 0.118. The first-order valence-electron chi connectivity index (χ1n) is 7.36. The lowest BCUT2D eigenvalue weighted by molar-refractivity contribution is 0.602. The summed E-state index contributed by atoms with van der Waals surface area (Å²) < 4.78 is 17.1. The van der Waals surface area contributed by atoms with Crippen molar-refractivity contribution in [3.05, 3.63) is 70.5 Å². The molecule has 24 heavy (non-hydrogen) atoms. The van der Waals surface area contributed by atoms with Crippen molar-refractivity contribution >= 4 is 28.4 Å². The Hall–Kier alpha value is -2.67. The summed E-state index contributed by atoms with van der Waals surface area (Å²) in [5, 5.41) is 8.94. The Morgan fingerprint density at radius 3 is 2.67 bits per heavy atom. The average molecular weight is 340 g/mol. The zero-order valence-electron chi connectivity index (χ0n) is 12.8. The van der Waals surface area contributed by atoms with E-state index in [4.69, 9.17) is 0 Å². The normalized spacial score (nSPS) is 11.4. The van der Waals surface area contributed by atoms with E-state index in [0.717, 1.165) is 5.52 Å². The molecule has 0 N–H and O–H groups in total. The summed E-state index contributed by atoms with van der Waals surface area (Å²) in [6.45, 7) is 0. The van der Waals surface area contributed by atoms with Crippen LogP contribution in [-0.4, -0.2) is 19.2 Å². The van der Waals surface area contributed by atoms with Crippen molar-refractivity contribution in [3.8, 4) is 0 Å². The molecule has 0 unspecified atom stereocenters. The highest BCUT2D eigenvalue weighted by molar-refractivity contribution is 7.98. The standard InChI is InChI=1S/C17H13FN4OS/c1-21-16(23)11-6-2-4-8-13(11)22-15(19-20-17(21)22)10-24-14-9-5-3-7-12(14)18/h2-9H,10H2,1H3. The van der Waals surface area contributed by atoms with Gasteiger partial charge in [-0.3, -0.25) is 13.8 Å². The summed E-state index contributed by atoms with van der Waals surface area (Å²) in [5.74, 6) is 1.34. The third kappa shape index (κ3) is 2.28. The van der Waals surface area contributed by atoms with Crippen molar-refractivity contribution in [1.29, 1.82) is 0 Å². The molecule has 0 saturated heterocycles. The van der Waals surface area contributed by atoms with Gasteiger partial charge >= 0.3 is 0 Å². The van der Waals surface area contributed by atoms with E-state index >= 15 is 0 Å². The van der Waals surface area contributed by atoms with Crippen LogP contribution in [0.2, 0.25) is 0 Å². The number of rotatable bonds is 3. The summed E-state index contributed by atoms with van der Waals surface area (Å²) in [6, 6.07) is 14.0. The van der Waals surface area contributed by atoms with Gasteiger partial charge in [-0.25, -0.2) is 4.39 Å². The van der Waals surface area contributed by atoms with Crippen LogP contribution in [-0.2, 0) is 12.8 Å². The van der Waals surface area contributed by atoms with Gasteiger partial charge in [-0.15, -0.1) is 22.0 Å². The second kappa shape index (κ2) is 5.76. The molecule has 2 aromatic carbocycles. The van der Waals surface area contributed by atoms with Crippen molar-refractivity contribution in [2.75, 3.05) is 0 Å². The van der Waals surface area contributed by atoms with E-state index in [1.165, 1.54) is 22.4 Å². The maximum atomic E-state index is 13.8. The van der Waals surface area contributed by atoms with Gasteiger partial charge in [0, 0.05) is 11.9 Å². The maximum Gasteiger partial charge on any atom is 0.262 e. The third-order valence-electron chi connectivity index (χ3n) is 3.89. The van der Waals surface area contributed by atoms with Crippen LogP contribution in [0.15, 0.2) is 58.2 Å². The van der Waals surface area contributed by atoms with Crippen molar-refractivity contribution in [3.63, 3.8) is 0 Å². The molecule has 2 aromatic heterocycles. The molecule has 0 spiro atoms. The quantitative estimate of drug-likeness (QED) is 0.538. The first-order chi connectivity index (χ1) is 11.7. The smallest absolute Gasteiger partial charge is 0.262 e. The molecule has 0 aliphatic heterocycles. The number of aromatic nitrogens is 4. The zero-order chi connectivity index (χ0) is 16.7. The minimum atomic E-state index is -0.256. The lowest BCUT2D eigenvalue weighted by Crippen LogP contribution is -2.20. The fourth-order valence-corrected chi connectivity index (χ4v) is 3.54. The van der Waals surface area contributed by atoms with Gasteiger partial charge in [-0.2, -0.15) is 0 Å². The van der Waals surface area contributed by atoms with Crippen molar-refractivity contribution in [2.24, 2.45) is 7.05 Å². The van der Waals surface area contributed by atoms with Crippen molar-refractivity contribution in [1.82, 2.24) is 19.2 Å². The van der Waals surface area contributed by atoms with Gasteiger partial charge in [-0.05, 0) is 24.3 Å². The molecular formula is C17H13FN4OS. The number of benzene rings is 2. The summed E-state index contributed by atoms with van der Waals surface area (Å²) in [6.07, 6.45) is 0. The molecule has 0 amide bonds. The molecule has 0 aliphatic rings. The third-order valence-corrected chi connectivity index (χ3v) is 4.93. The Balaban J connectivity index is 1.85. The maximum absolute atomic E-state index is 13.8. The van der Waals surface area contributed by atoms with Gasteiger partial charge in [0.25, 0.3) is 5.56 Å². The minimum absolute atomic E-state index is 0.112. The first kappa shape index (κ1) is 14.9. The van der Waals surface area contributed by atoms with Gasteiger partial charge in [0.05, 0.1) is 16.7 Å². The summed E-state index contributed by atoms with van der Waals surface area (Å²) in [5.41, 5.74) is 0.642. The molecule has 2 heterocycles. The fourth-order valence-electron chi connectivity index (χ4n) is 2.69. The van der Waals surface area contributed by atoms with Crippen LogP contribution in [0.1, 0.15) is 5.82 Å². The second-order valence-corrected chi connectivity index (χ2v) is 6.37. The number of halogens is 1. The highest BCUT2D eigenvalue weighted by Gasteiger charge is 2.15. The van der Waals surface area contributed by atoms with E-state index in [9.17, 15) is 9.18 Å². The number of fused-ring (bicyclic) bond motifs is 3. The monoisotopic (exact) mass is 340 g/mol. The Morgan fingerprint density at radius 2 is 1.83 bits per heavy atom. The zero-order valence-corrected chi connectivity index (χ0v) is 13.6. The van der Waals surface area contributed by atoms with E-state index < -0.39 is 0 Å². The molecule has 4 rings (SSSR count). The minimum Gasteiger partial charge on any atom is -0.279 e. The molecule has 5 nitrogen and oxygen atoms in total. The molecule has 0 saturated carbocycles. The molecule has 0 atom stereocenters. The van der Waals surface area contributed by atoms with Crippen LogP contribution >= 0.6 is 11.8 Å². The second-order valence-electron chi connectivity index (χ2n) is 5.35. The van der Waals surface area contributed by atoms with Gasteiger partial charge < -0.3 is 0 Å². The Morgan fingerprint density at radius 1 is 1.08 bits per heavy atom. The predicted octanol–water partition coefficient (Wildman–Crippen LogP) is 3.01. The predicted molar refractivity (Wildman–Crippen MR) is 91.7 cm³/mol. The molecule has 7 heteroatoms. The lowest BCUT2D eigenvalue weighted by atomic mass is 10.2. The molecule has 0 aliphatic carbocycles. The van der Waals surface area contributed by atoms with Gasteiger partial charge in [-0.1, -0.05) is 24.3 Å². The Bertz CT molecular complexity index is 1120. The number of nitrogens with zero attached hydrogens (tertiary/aromatic N) is 4. The van der Waals surface area contributed by atoms with E-state index in [2.05, 4.69) is 10.2 Å². The van der Waals surface area contributed by atoms with Gasteiger partial charge in [0.1, 0.15) is 11.6 Å². The molecular weight excluding hydrogens is 327 g/mol. The Labute approximate surface area is 140 Å². The largest absolute Gasteiger partial charge is 0.279 e.